The van der Waals surface area contributed by atoms with Gasteiger partial charge in [-0.3, -0.25) is 0 Å². The van der Waals surface area contributed by atoms with E-state index in [1.54, 1.807) is 12.1 Å². The second kappa shape index (κ2) is 5.39. The molecule has 0 spiro atoms. The number of methoxy groups -OCH3 is 1. The molecule has 1 aromatic carbocycles. The van der Waals surface area contributed by atoms with Crippen molar-refractivity contribution >= 4 is 5.69 Å². The van der Waals surface area contributed by atoms with Crippen LogP contribution in [0.4, 0.5) is 10.1 Å². The monoisotopic (exact) mass is 237 g/mol. The molecule has 2 rings (SSSR count). The molecule has 0 amide bonds. The Hall–Kier alpha value is -1.25. The Labute approximate surface area is 102 Å². The first-order valence-corrected chi connectivity index (χ1v) is 6.29. The fraction of sp³-hybridized carbons (Fsp3) is 0.571. The molecule has 0 aromatic heterocycles. The summed E-state index contributed by atoms with van der Waals surface area (Å²) in [5.41, 5.74) is 0.947. The first-order chi connectivity index (χ1) is 8.19. The van der Waals surface area contributed by atoms with E-state index < -0.39 is 0 Å². The van der Waals surface area contributed by atoms with Gasteiger partial charge in [0.05, 0.1) is 7.11 Å². The predicted octanol–water partition coefficient (Wildman–Crippen LogP) is 3.82. The van der Waals surface area contributed by atoms with Crippen molar-refractivity contribution in [2.24, 2.45) is 5.92 Å². The summed E-state index contributed by atoms with van der Waals surface area (Å²) >= 11 is 0. The smallest absolute Gasteiger partial charge is 0.165 e. The van der Waals surface area contributed by atoms with Crippen molar-refractivity contribution in [1.29, 1.82) is 0 Å². The highest BCUT2D eigenvalue weighted by Gasteiger charge is 2.18. The van der Waals surface area contributed by atoms with Gasteiger partial charge in [0.2, 0.25) is 0 Å². The Balaban J connectivity index is 2.02. The van der Waals surface area contributed by atoms with Gasteiger partial charge in [-0.2, -0.15) is 0 Å². The topological polar surface area (TPSA) is 21.3 Å². The number of ether oxygens (including phenoxy) is 1. The Morgan fingerprint density at radius 3 is 2.88 bits per heavy atom. The van der Waals surface area contributed by atoms with Crippen LogP contribution in [-0.2, 0) is 0 Å². The first kappa shape index (κ1) is 12.2. The van der Waals surface area contributed by atoms with Gasteiger partial charge in [-0.1, -0.05) is 19.8 Å². The Kier molecular flexibility index (Phi) is 3.87. The van der Waals surface area contributed by atoms with E-state index in [0.29, 0.717) is 11.8 Å². The van der Waals surface area contributed by atoms with Crippen molar-refractivity contribution in [3.63, 3.8) is 0 Å². The van der Waals surface area contributed by atoms with Crippen LogP contribution >= 0.6 is 0 Å². The molecule has 0 radical (unpaired) electrons. The molecule has 2 atom stereocenters. The summed E-state index contributed by atoms with van der Waals surface area (Å²) in [5.74, 6) is 0.775. The molecule has 0 heterocycles. The largest absolute Gasteiger partial charge is 0.494 e. The minimum absolute atomic E-state index is 0.304. The van der Waals surface area contributed by atoms with Crippen LogP contribution in [0.25, 0.3) is 0 Å². The molecule has 0 aliphatic heterocycles. The zero-order chi connectivity index (χ0) is 12.3. The van der Waals surface area contributed by atoms with E-state index in [1.165, 1.54) is 38.9 Å². The molecule has 94 valence electrons. The number of halogens is 1. The molecule has 1 aliphatic rings. The number of anilines is 1. The van der Waals surface area contributed by atoms with Crippen LogP contribution in [0, 0.1) is 11.7 Å². The van der Waals surface area contributed by atoms with Crippen molar-refractivity contribution in [1.82, 2.24) is 0 Å². The second-order valence-electron chi connectivity index (χ2n) is 4.96. The van der Waals surface area contributed by atoms with Crippen LogP contribution in [0.15, 0.2) is 18.2 Å². The van der Waals surface area contributed by atoms with Crippen LogP contribution in [0.3, 0.4) is 0 Å². The zero-order valence-corrected chi connectivity index (χ0v) is 10.5. The molecular weight excluding hydrogens is 217 g/mol. The van der Waals surface area contributed by atoms with Crippen LogP contribution in [0.5, 0.6) is 5.75 Å². The molecule has 2 unspecified atom stereocenters. The zero-order valence-electron chi connectivity index (χ0n) is 10.5. The molecule has 1 N–H and O–H groups in total. The maximum atomic E-state index is 13.3. The molecule has 2 nitrogen and oxygen atoms in total. The molecule has 1 saturated carbocycles. The molecular formula is C14H20FNO. The third-order valence-electron chi connectivity index (χ3n) is 3.46. The SMILES string of the molecule is COc1cc(NC2CCCC(C)C2)ccc1F. The minimum Gasteiger partial charge on any atom is -0.494 e. The molecule has 1 aliphatic carbocycles. The van der Waals surface area contributed by atoms with Crippen LogP contribution in [0.1, 0.15) is 32.6 Å². The third kappa shape index (κ3) is 3.11. The predicted molar refractivity (Wildman–Crippen MR) is 68.0 cm³/mol. The molecule has 1 fully saturated rings. The van der Waals surface area contributed by atoms with Gasteiger partial charge in [0.25, 0.3) is 0 Å². The van der Waals surface area contributed by atoms with Crippen LogP contribution < -0.4 is 10.1 Å². The van der Waals surface area contributed by atoms with Crippen LogP contribution in [-0.4, -0.2) is 13.2 Å². The van der Waals surface area contributed by atoms with Crippen molar-refractivity contribution < 1.29 is 9.13 Å². The van der Waals surface area contributed by atoms with Gasteiger partial charge in [-0.05, 0) is 30.9 Å². The summed E-state index contributed by atoms with van der Waals surface area (Å²) < 4.78 is 18.2. The third-order valence-corrected chi connectivity index (χ3v) is 3.46. The van der Waals surface area contributed by atoms with Gasteiger partial charge in [0.15, 0.2) is 11.6 Å². The average Bonchev–Trinajstić information content (AvgIpc) is 2.32. The number of rotatable bonds is 3. The van der Waals surface area contributed by atoms with Crippen molar-refractivity contribution in [2.75, 3.05) is 12.4 Å². The minimum atomic E-state index is -0.310. The Morgan fingerprint density at radius 2 is 2.18 bits per heavy atom. The van der Waals surface area contributed by atoms with E-state index in [-0.39, 0.29) is 5.82 Å². The van der Waals surface area contributed by atoms with E-state index in [4.69, 9.17) is 4.74 Å². The Bertz CT molecular complexity index is 380. The second-order valence-corrected chi connectivity index (χ2v) is 4.96. The highest BCUT2D eigenvalue weighted by atomic mass is 19.1. The summed E-state index contributed by atoms with van der Waals surface area (Å²) in [6.07, 6.45) is 4.99. The standard InChI is InChI=1S/C14H20FNO/c1-10-4-3-5-11(8-10)16-12-6-7-13(15)14(9-12)17-2/h6-7,9-11,16H,3-5,8H2,1-2H3. The lowest BCUT2D eigenvalue weighted by Gasteiger charge is -2.28. The van der Waals surface area contributed by atoms with Gasteiger partial charge in [-0.25, -0.2) is 4.39 Å². The van der Waals surface area contributed by atoms with Gasteiger partial charge in [0, 0.05) is 17.8 Å². The van der Waals surface area contributed by atoms with E-state index in [2.05, 4.69) is 12.2 Å². The van der Waals surface area contributed by atoms with Gasteiger partial charge in [-0.15, -0.1) is 0 Å². The molecule has 0 saturated heterocycles. The molecule has 17 heavy (non-hydrogen) atoms. The summed E-state index contributed by atoms with van der Waals surface area (Å²) in [4.78, 5) is 0. The summed E-state index contributed by atoms with van der Waals surface area (Å²) in [6, 6.07) is 5.47. The fourth-order valence-electron chi connectivity index (χ4n) is 2.55. The van der Waals surface area contributed by atoms with E-state index >= 15 is 0 Å². The van der Waals surface area contributed by atoms with Crippen LogP contribution in [0.2, 0.25) is 0 Å². The lowest BCUT2D eigenvalue weighted by Crippen LogP contribution is -2.26. The number of hydrogen-bond donors (Lipinski definition) is 1. The highest BCUT2D eigenvalue weighted by Crippen LogP contribution is 2.28. The first-order valence-electron chi connectivity index (χ1n) is 6.29. The average molecular weight is 237 g/mol. The summed E-state index contributed by atoms with van der Waals surface area (Å²) in [5, 5.41) is 3.47. The molecule has 0 bridgehead atoms. The number of hydrogen-bond acceptors (Lipinski definition) is 2. The van der Waals surface area contributed by atoms with E-state index in [9.17, 15) is 4.39 Å². The summed E-state index contributed by atoms with van der Waals surface area (Å²) in [6.45, 7) is 2.29. The van der Waals surface area contributed by atoms with E-state index in [1.807, 2.05) is 0 Å². The van der Waals surface area contributed by atoms with E-state index in [0.717, 1.165) is 11.6 Å². The Morgan fingerprint density at radius 1 is 1.35 bits per heavy atom. The van der Waals surface area contributed by atoms with Gasteiger partial charge < -0.3 is 10.1 Å². The maximum Gasteiger partial charge on any atom is 0.165 e. The van der Waals surface area contributed by atoms with Crippen molar-refractivity contribution in [3.05, 3.63) is 24.0 Å². The van der Waals surface area contributed by atoms with Gasteiger partial charge >= 0.3 is 0 Å². The van der Waals surface area contributed by atoms with Crippen molar-refractivity contribution in [3.8, 4) is 5.75 Å². The van der Waals surface area contributed by atoms with Gasteiger partial charge in [0.1, 0.15) is 0 Å². The lowest BCUT2D eigenvalue weighted by atomic mass is 9.87. The number of benzene rings is 1. The fourth-order valence-corrected chi connectivity index (χ4v) is 2.55. The normalized spacial score (nSPS) is 24.4. The maximum absolute atomic E-state index is 13.3. The quantitative estimate of drug-likeness (QED) is 0.862. The number of nitrogens with one attached hydrogen (secondary N) is 1. The molecule has 1 aromatic rings. The molecule has 3 heteroatoms. The highest BCUT2D eigenvalue weighted by molar-refractivity contribution is 5.49. The lowest BCUT2D eigenvalue weighted by molar-refractivity contribution is 0.358. The van der Waals surface area contributed by atoms with Crippen molar-refractivity contribution in [2.45, 2.75) is 38.6 Å². The summed E-state index contributed by atoms with van der Waals surface area (Å²) in [7, 11) is 1.49.